The van der Waals surface area contributed by atoms with Crippen LogP contribution in [-0.2, 0) is 6.54 Å². The van der Waals surface area contributed by atoms with Crippen molar-refractivity contribution < 1.29 is 4.70 Å². The number of aromatic nitrogens is 1. The highest BCUT2D eigenvalue weighted by molar-refractivity contribution is 6.53. The van der Waals surface area contributed by atoms with E-state index in [0.717, 1.165) is 28.2 Å². The third kappa shape index (κ3) is 3.31. The van der Waals surface area contributed by atoms with Crippen LogP contribution in [0.5, 0.6) is 0 Å². The minimum absolute atomic E-state index is 0.231. The van der Waals surface area contributed by atoms with Crippen molar-refractivity contribution in [3.63, 3.8) is 0 Å². The third-order valence-electron chi connectivity index (χ3n) is 5.52. The first-order chi connectivity index (χ1) is 14.6. The summed E-state index contributed by atoms with van der Waals surface area (Å²) in [4.78, 5) is 4.44. The van der Waals surface area contributed by atoms with Gasteiger partial charge in [-0.1, -0.05) is 93.8 Å². The fourth-order valence-electron chi connectivity index (χ4n) is 4.08. The summed E-state index contributed by atoms with van der Waals surface area (Å²) in [6.45, 7) is 2.73. The van der Waals surface area contributed by atoms with Crippen molar-refractivity contribution in [2.45, 2.75) is 13.5 Å². The molecule has 0 fully saturated rings. The number of rotatable bonds is 4. The van der Waals surface area contributed by atoms with E-state index < -0.39 is 0 Å². The topological polar surface area (TPSA) is 37.6 Å². The van der Waals surface area contributed by atoms with Gasteiger partial charge in [-0.25, -0.2) is 0 Å². The van der Waals surface area contributed by atoms with Crippen molar-refractivity contribution in [3.05, 3.63) is 114 Å². The quantitative estimate of drug-likeness (QED) is 0.434. The van der Waals surface area contributed by atoms with E-state index in [1.54, 1.807) is 0 Å². The normalized spacial score (nSPS) is 15.1. The highest BCUT2D eigenvalue weighted by Crippen LogP contribution is 2.28. The summed E-state index contributed by atoms with van der Waals surface area (Å²) in [7, 11) is 2.06. The lowest BCUT2D eigenvalue weighted by molar-refractivity contribution is -0.933. The van der Waals surface area contributed by atoms with E-state index in [9.17, 15) is 0 Å². The zero-order valence-electron chi connectivity index (χ0n) is 17.2. The van der Waals surface area contributed by atoms with Gasteiger partial charge in [0.2, 0.25) is 0 Å². The Hall–Kier alpha value is -3.63. The van der Waals surface area contributed by atoms with Gasteiger partial charge < -0.3 is 0 Å². The van der Waals surface area contributed by atoms with Gasteiger partial charge in [-0.15, -0.1) is 0 Å². The standard InChI is InChI=1S/C26H23N4/c1-19-23-15-9-14-22(24(23)16-17-27-19)18-30(2)28-25(20-10-5-3-6-11-20)26(29-30)21-12-7-4-8-13-21/h3-17H,18H2,1-2H3/q+1. The van der Waals surface area contributed by atoms with Crippen LogP contribution in [0, 0.1) is 6.92 Å². The van der Waals surface area contributed by atoms with Crippen LogP contribution in [0.4, 0.5) is 0 Å². The molecule has 0 aliphatic carbocycles. The molecule has 2 heterocycles. The predicted octanol–water partition coefficient (Wildman–Crippen LogP) is 5.31. The molecule has 0 saturated heterocycles. The van der Waals surface area contributed by atoms with E-state index in [2.05, 4.69) is 67.5 Å². The van der Waals surface area contributed by atoms with E-state index >= 15 is 0 Å². The number of hydrogen-bond donors (Lipinski definition) is 0. The summed E-state index contributed by atoms with van der Waals surface area (Å²) in [5.41, 5.74) is 6.29. The molecule has 1 aliphatic heterocycles. The number of fused-ring (bicyclic) bond motifs is 1. The van der Waals surface area contributed by atoms with Gasteiger partial charge >= 0.3 is 0 Å². The van der Waals surface area contributed by atoms with Crippen LogP contribution in [0.3, 0.4) is 0 Å². The third-order valence-corrected chi connectivity index (χ3v) is 5.52. The van der Waals surface area contributed by atoms with Crippen molar-refractivity contribution >= 4 is 22.2 Å². The molecule has 1 aromatic heterocycles. The zero-order valence-corrected chi connectivity index (χ0v) is 17.2. The number of aryl methyl sites for hydroxylation is 1. The lowest BCUT2D eigenvalue weighted by Gasteiger charge is -2.19. The first-order valence-electron chi connectivity index (χ1n) is 10.1. The molecule has 0 bridgehead atoms. The largest absolute Gasteiger partial charge is 0.261 e. The molecule has 146 valence electrons. The molecule has 0 spiro atoms. The lowest BCUT2D eigenvalue weighted by atomic mass is 10.0. The molecule has 0 atom stereocenters. The Labute approximate surface area is 176 Å². The van der Waals surface area contributed by atoms with Gasteiger partial charge in [-0.05, 0) is 18.4 Å². The molecular weight excluding hydrogens is 368 g/mol. The summed E-state index contributed by atoms with van der Waals surface area (Å²) in [5.74, 6) is 0. The minimum Gasteiger partial charge on any atom is -0.261 e. The van der Waals surface area contributed by atoms with Crippen LogP contribution in [-0.4, -0.2) is 28.2 Å². The molecule has 0 amide bonds. The van der Waals surface area contributed by atoms with Gasteiger partial charge in [0.25, 0.3) is 0 Å². The van der Waals surface area contributed by atoms with Gasteiger partial charge in [0.1, 0.15) is 7.05 Å². The van der Waals surface area contributed by atoms with Gasteiger partial charge in [-0.3, -0.25) is 4.98 Å². The van der Waals surface area contributed by atoms with Crippen molar-refractivity contribution in [2.75, 3.05) is 7.05 Å². The van der Waals surface area contributed by atoms with Crippen molar-refractivity contribution in [3.8, 4) is 0 Å². The summed E-state index contributed by atoms with van der Waals surface area (Å²) in [6.07, 6.45) is 1.88. The SMILES string of the molecule is Cc1nccc2c(C[N+]3(C)N=C(c4ccccc4)C(c4ccccc4)=N3)cccc12. The van der Waals surface area contributed by atoms with Gasteiger partial charge in [-0.2, -0.15) is 0 Å². The summed E-state index contributed by atoms with van der Waals surface area (Å²) in [5, 5.41) is 12.6. The molecular formula is C26H23N4+. The Morgan fingerprint density at radius 1 is 0.667 bits per heavy atom. The second-order valence-corrected chi connectivity index (χ2v) is 7.78. The highest BCUT2D eigenvalue weighted by atomic mass is 15.8. The molecule has 0 unspecified atom stereocenters. The number of benzene rings is 3. The molecule has 0 radical (unpaired) electrons. The molecule has 4 nitrogen and oxygen atoms in total. The Balaban J connectivity index is 1.62. The van der Waals surface area contributed by atoms with E-state index in [4.69, 9.17) is 10.2 Å². The fraction of sp³-hybridized carbons (Fsp3) is 0.115. The maximum atomic E-state index is 5.11. The van der Waals surface area contributed by atoms with Crippen LogP contribution < -0.4 is 0 Å². The molecule has 1 aliphatic rings. The fourth-order valence-corrected chi connectivity index (χ4v) is 4.08. The Morgan fingerprint density at radius 2 is 1.27 bits per heavy atom. The maximum Gasteiger partial charge on any atom is 0.160 e. The molecule has 0 saturated carbocycles. The first-order valence-corrected chi connectivity index (χ1v) is 10.1. The first kappa shape index (κ1) is 18.4. The van der Waals surface area contributed by atoms with Crippen LogP contribution in [0.2, 0.25) is 0 Å². The van der Waals surface area contributed by atoms with E-state index in [1.807, 2.05) is 42.6 Å². The minimum atomic E-state index is 0.231. The Kier molecular flexibility index (Phi) is 4.49. The van der Waals surface area contributed by atoms with E-state index in [1.165, 1.54) is 16.3 Å². The Morgan fingerprint density at radius 3 is 1.87 bits per heavy atom. The number of hydrogen-bond acceptors (Lipinski definition) is 3. The lowest BCUT2D eigenvalue weighted by Crippen LogP contribution is -2.29. The van der Waals surface area contributed by atoms with Gasteiger partial charge in [0, 0.05) is 34.0 Å². The molecule has 5 rings (SSSR count). The molecule has 3 aromatic carbocycles. The van der Waals surface area contributed by atoms with E-state index in [0.29, 0.717) is 6.54 Å². The number of quaternary nitrogens is 1. The smallest absolute Gasteiger partial charge is 0.160 e. The second kappa shape index (κ2) is 7.32. The Bertz CT molecular complexity index is 1220. The highest BCUT2D eigenvalue weighted by Gasteiger charge is 2.35. The molecule has 30 heavy (non-hydrogen) atoms. The average molecular weight is 391 g/mol. The zero-order chi connectivity index (χ0) is 20.6. The summed E-state index contributed by atoms with van der Waals surface area (Å²) < 4.78 is 0.231. The van der Waals surface area contributed by atoms with Gasteiger partial charge in [0.05, 0.1) is 0 Å². The van der Waals surface area contributed by atoms with Crippen LogP contribution in [0.25, 0.3) is 10.8 Å². The summed E-state index contributed by atoms with van der Waals surface area (Å²) >= 11 is 0. The molecule has 4 heteroatoms. The van der Waals surface area contributed by atoms with Gasteiger partial charge in [0.15, 0.2) is 18.0 Å². The summed E-state index contributed by atoms with van der Waals surface area (Å²) in [6, 6.07) is 29.1. The monoisotopic (exact) mass is 391 g/mol. The van der Waals surface area contributed by atoms with E-state index in [-0.39, 0.29) is 4.70 Å². The van der Waals surface area contributed by atoms with Crippen molar-refractivity contribution in [2.24, 2.45) is 10.2 Å². The molecule has 0 N–H and O–H groups in total. The van der Waals surface area contributed by atoms with Crippen molar-refractivity contribution in [1.82, 2.24) is 4.98 Å². The van der Waals surface area contributed by atoms with Crippen LogP contribution in [0.1, 0.15) is 22.4 Å². The van der Waals surface area contributed by atoms with Crippen LogP contribution >= 0.6 is 0 Å². The predicted molar refractivity (Wildman–Crippen MR) is 122 cm³/mol. The molecule has 4 aromatic rings. The number of nitrogens with zero attached hydrogens (tertiary/aromatic N) is 4. The second-order valence-electron chi connectivity index (χ2n) is 7.78. The number of pyridine rings is 1. The van der Waals surface area contributed by atoms with Crippen LogP contribution in [0.15, 0.2) is 101 Å². The van der Waals surface area contributed by atoms with Crippen molar-refractivity contribution in [1.29, 1.82) is 0 Å². The maximum absolute atomic E-state index is 5.11. The average Bonchev–Trinajstić information content (AvgIpc) is 3.13.